The van der Waals surface area contributed by atoms with E-state index in [0.717, 1.165) is 24.3 Å². The lowest BCUT2D eigenvalue weighted by molar-refractivity contribution is -0.129. The van der Waals surface area contributed by atoms with Crippen LogP contribution in [0.4, 0.5) is 5.69 Å². The molecule has 0 unspecified atom stereocenters. The van der Waals surface area contributed by atoms with Gasteiger partial charge in [0, 0.05) is 44.2 Å². The van der Waals surface area contributed by atoms with E-state index in [-0.39, 0.29) is 11.9 Å². The highest BCUT2D eigenvalue weighted by Crippen LogP contribution is 2.26. The predicted octanol–water partition coefficient (Wildman–Crippen LogP) is 3.06. The second-order valence-corrected chi connectivity index (χ2v) is 7.35. The summed E-state index contributed by atoms with van der Waals surface area (Å²) in [5.74, 6) is 0.249. The van der Waals surface area contributed by atoms with E-state index in [0.29, 0.717) is 18.4 Å². The fourth-order valence-electron chi connectivity index (χ4n) is 3.96. The van der Waals surface area contributed by atoms with Crippen molar-refractivity contribution >= 4 is 17.5 Å². The van der Waals surface area contributed by atoms with Gasteiger partial charge in [0.1, 0.15) is 0 Å². The number of benzene rings is 1. The number of hydrogen-bond donors (Lipinski definition) is 2. The first-order chi connectivity index (χ1) is 12.1. The smallest absolute Gasteiger partial charge is 0.224 e. The van der Waals surface area contributed by atoms with Gasteiger partial charge in [-0.3, -0.25) is 9.59 Å². The van der Waals surface area contributed by atoms with Crippen molar-refractivity contribution in [1.82, 2.24) is 10.2 Å². The zero-order chi connectivity index (χ0) is 17.6. The number of likely N-dealkylation sites (tertiary alicyclic amines) is 1. The van der Waals surface area contributed by atoms with Crippen molar-refractivity contribution in [2.45, 2.75) is 70.5 Å². The second kappa shape index (κ2) is 8.48. The maximum Gasteiger partial charge on any atom is 0.224 e. The Morgan fingerprint density at radius 2 is 1.80 bits per heavy atom. The van der Waals surface area contributed by atoms with Gasteiger partial charge in [-0.25, -0.2) is 0 Å². The first-order valence-electron chi connectivity index (χ1n) is 9.51. The highest BCUT2D eigenvalue weighted by molar-refractivity contribution is 5.88. The quantitative estimate of drug-likeness (QED) is 0.808. The Labute approximate surface area is 150 Å². The van der Waals surface area contributed by atoms with Crippen molar-refractivity contribution in [2.24, 2.45) is 0 Å². The van der Waals surface area contributed by atoms with Gasteiger partial charge in [0.05, 0.1) is 0 Å². The molecule has 0 radical (unpaired) electrons. The summed E-state index contributed by atoms with van der Waals surface area (Å²) in [5.41, 5.74) is 1.97. The van der Waals surface area contributed by atoms with Crippen LogP contribution >= 0.6 is 0 Å². The van der Waals surface area contributed by atoms with E-state index in [2.05, 4.69) is 15.5 Å². The van der Waals surface area contributed by atoms with E-state index in [4.69, 9.17) is 0 Å². The number of nitrogens with zero attached hydrogens (tertiary/aromatic N) is 1. The highest BCUT2D eigenvalue weighted by Gasteiger charge is 2.33. The molecule has 1 aliphatic heterocycles. The van der Waals surface area contributed by atoms with Crippen molar-refractivity contribution < 1.29 is 9.59 Å². The number of nitrogens with one attached hydrogen (secondary N) is 2. The molecule has 1 saturated heterocycles. The van der Waals surface area contributed by atoms with Gasteiger partial charge < -0.3 is 15.5 Å². The van der Waals surface area contributed by atoms with E-state index < -0.39 is 0 Å². The van der Waals surface area contributed by atoms with Crippen LogP contribution in [-0.4, -0.2) is 35.3 Å². The van der Waals surface area contributed by atoms with Crippen LogP contribution in [0.25, 0.3) is 0 Å². The van der Waals surface area contributed by atoms with E-state index in [1.807, 2.05) is 24.3 Å². The van der Waals surface area contributed by atoms with Gasteiger partial charge in [0.2, 0.25) is 11.8 Å². The first kappa shape index (κ1) is 17.9. The molecule has 5 nitrogen and oxygen atoms in total. The molecule has 2 aliphatic rings. The molecule has 0 aromatic heterocycles. The molecule has 136 valence electrons. The van der Waals surface area contributed by atoms with Crippen molar-refractivity contribution in [1.29, 1.82) is 0 Å². The molecule has 0 bridgehead atoms. The average Bonchev–Trinajstić information content (AvgIpc) is 2.79. The summed E-state index contributed by atoms with van der Waals surface area (Å²) >= 11 is 0. The van der Waals surface area contributed by atoms with Crippen LogP contribution in [0, 0.1) is 0 Å². The summed E-state index contributed by atoms with van der Waals surface area (Å²) in [6.07, 6.45) is 8.09. The molecule has 1 aromatic rings. The van der Waals surface area contributed by atoms with Gasteiger partial charge in [0.15, 0.2) is 0 Å². The Morgan fingerprint density at radius 1 is 1.12 bits per heavy atom. The van der Waals surface area contributed by atoms with E-state index in [1.165, 1.54) is 45.4 Å². The molecular formula is C20H29N3O2. The van der Waals surface area contributed by atoms with Crippen molar-refractivity contribution in [3.05, 3.63) is 29.8 Å². The second-order valence-electron chi connectivity index (χ2n) is 7.35. The number of carbonyl (C=O) groups is 2. The van der Waals surface area contributed by atoms with Crippen LogP contribution in [0.2, 0.25) is 0 Å². The minimum atomic E-state index is -0.0612. The zero-order valence-electron chi connectivity index (χ0n) is 15.1. The van der Waals surface area contributed by atoms with E-state index in [9.17, 15) is 9.59 Å². The minimum absolute atomic E-state index is 0.0612. The van der Waals surface area contributed by atoms with Crippen LogP contribution in [-0.2, 0) is 16.1 Å². The third kappa shape index (κ3) is 5.05. The average molecular weight is 343 g/mol. The lowest BCUT2D eigenvalue weighted by atomic mass is 10.1. The maximum atomic E-state index is 12.4. The van der Waals surface area contributed by atoms with E-state index in [1.54, 1.807) is 0 Å². The topological polar surface area (TPSA) is 61.4 Å². The Balaban J connectivity index is 1.49. The molecular weight excluding hydrogens is 314 g/mol. The zero-order valence-corrected chi connectivity index (χ0v) is 15.1. The predicted molar refractivity (Wildman–Crippen MR) is 99.2 cm³/mol. The first-order valence-corrected chi connectivity index (χ1v) is 9.51. The van der Waals surface area contributed by atoms with Crippen LogP contribution < -0.4 is 10.6 Å². The number of amides is 2. The van der Waals surface area contributed by atoms with Crippen LogP contribution in [0.15, 0.2) is 24.3 Å². The molecule has 2 N–H and O–H groups in total. The lowest BCUT2D eigenvalue weighted by Crippen LogP contribution is -2.38. The summed E-state index contributed by atoms with van der Waals surface area (Å²) in [5, 5.41) is 6.29. The Morgan fingerprint density at radius 3 is 2.44 bits per heavy atom. The summed E-state index contributed by atoms with van der Waals surface area (Å²) in [4.78, 5) is 25.6. The number of hydrogen-bond acceptors (Lipinski definition) is 3. The molecule has 1 heterocycles. The minimum Gasteiger partial charge on any atom is -0.338 e. The SMILES string of the molecule is CC(=O)Nc1ccc(CN[C@@H]2CC(=O)N(C3CCCCCC3)C2)cc1. The third-order valence-corrected chi connectivity index (χ3v) is 5.29. The van der Waals surface area contributed by atoms with Gasteiger partial charge in [-0.2, -0.15) is 0 Å². The van der Waals surface area contributed by atoms with Gasteiger partial charge >= 0.3 is 0 Å². The van der Waals surface area contributed by atoms with Gasteiger partial charge in [-0.05, 0) is 30.5 Å². The van der Waals surface area contributed by atoms with Crippen molar-refractivity contribution in [3.63, 3.8) is 0 Å². The lowest BCUT2D eigenvalue weighted by Gasteiger charge is -2.27. The molecule has 2 amide bonds. The Kier molecular flexibility index (Phi) is 6.08. The molecule has 5 heteroatoms. The summed E-state index contributed by atoms with van der Waals surface area (Å²) < 4.78 is 0. The largest absolute Gasteiger partial charge is 0.338 e. The summed E-state index contributed by atoms with van der Waals surface area (Å²) in [6, 6.07) is 8.55. The standard InChI is InChI=1S/C20H29N3O2/c1-15(24)22-17-10-8-16(9-11-17)13-21-18-12-20(25)23(14-18)19-6-4-2-3-5-7-19/h8-11,18-19,21H,2-7,12-14H2,1H3,(H,22,24)/t18-/m1/s1. The molecule has 1 aromatic carbocycles. The van der Waals surface area contributed by atoms with Gasteiger partial charge in [-0.15, -0.1) is 0 Å². The summed E-state index contributed by atoms with van der Waals surface area (Å²) in [6.45, 7) is 3.09. The Bertz CT molecular complexity index is 591. The van der Waals surface area contributed by atoms with Crippen LogP contribution in [0.3, 0.4) is 0 Å². The maximum absolute atomic E-state index is 12.4. The number of rotatable bonds is 5. The molecule has 25 heavy (non-hydrogen) atoms. The fourth-order valence-corrected chi connectivity index (χ4v) is 3.96. The fraction of sp³-hybridized carbons (Fsp3) is 0.600. The van der Waals surface area contributed by atoms with Gasteiger partial charge in [-0.1, -0.05) is 37.8 Å². The molecule has 1 atom stereocenters. The third-order valence-electron chi connectivity index (χ3n) is 5.29. The number of anilines is 1. The number of carbonyl (C=O) groups excluding carboxylic acids is 2. The van der Waals surface area contributed by atoms with Crippen LogP contribution in [0.1, 0.15) is 57.4 Å². The van der Waals surface area contributed by atoms with Crippen LogP contribution in [0.5, 0.6) is 0 Å². The molecule has 2 fully saturated rings. The highest BCUT2D eigenvalue weighted by atomic mass is 16.2. The molecule has 0 spiro atoms. The summed E-state index contributed by atoms with van der Waals surface area (Å²) in [7, 11) is 0. The molecule has 1 aliphatic carbocycles. The normalized spacial score (nSPS) is 22.0. The van der Waals surface area contributed by atoms with Gasteiger partial charge in [0.25, 0.3) is 0 Å². The monoisotopic (exact) mass is 343 g/mol. The van der Waals surface area contributed by atoms with Crippen molar-refractivity contribution in [2.75, 3.05) is 11.9 Å². The Hall–Kier alpha value is -1.88. The molecule has 1 saturated carbocycles. The van der Waals surface area contributed by atoms with Crippen molar-refractivity contribution in [3.8, 4) is 0 Å². The molecule has 3 rings (SSSR count). The van der Waals surface area contributed by atoms with E-state index >= 15 is 0 Å².